The van der Waals surface area contributed by atoms with E-state index in [9.17, 15) is 8.78 Å². The first-order valence-electron chi connectivity index (χ1n) is 3.96. The lowest BCUT2D eigenvalue weighted by Gasteiger charge is -2.06. The molecular weight excluding hydrogens is 230 g/mol. The van der Waals surface area contributed by atoms with Gasteiger partial charge < -0.3 is 5.11 Å². The molecule has 0 aromatic heterocycles. The van der Waals surface area contributed by atoms with Crippen LogP contribution in [0.2, 0.25) is 0 Å². The molecule has 1 rings (SSSR count). The molecule has 0 saturated carbocycles. The van der Waals surface area contributed by atoms with E-state index in [1.807, 2.05) is 0 Å². The minimum atomic E-state index is -3.14. The molecule has 0 fully saturated rings. The van der Waals surface area contributed by atoms with Crippen molar-refractivity contribution in [1.82, 2.24) is 0 Å². The Bertz CT molecular complexity index is 301. The zero-order valence-electron chi connectivity index (χ0n) is 7.21. The second-order valence-corrected chi connectivity index (χ2v) is 4.43. The van der Waals surface area contributed by atoms with Gasteiger partial charge in [0.25, 0.3) is 0 Å². The van der Waals surface area contributed by atoms with Crippen molar-refractivity contribution in [3.8, 4) is 5.75 Å². The summed E-state index contributed by atoms with van der Waals surface area (Å²) in [5.74, 6) is 0.354. The summed E-state index contributed by atoms with van der Waals surface area (Å²) < 4.78 is 24.4. The summed E-state index contributed by atoms with van der Waals surface area (Å²) in [5.41, 5.74) is 0. The second-order valence-electron chi connectivity index (χ2n) is 2.71. The number of halogens is 3. The van der Waals surface area contributed by atoms with Gasteiger partial charge in [-0.15, -0.1) is 11.8 Å². The fourth-order valence-electron chi connectivity index (χ4n) is 0.858. The monoisotopic (exact) mass is 238 g/mol. The van der Waals surface area contributed by atoms with Crippen LogP contribution in [0, 0.1) is 0 Å². The molecule has 1 aromatic carbocycles. The van der Waals surface area contributed by atoms with E-state index in [0.29, 0.717) is 0 Å². The van der Waals surface area contributed by atoms with Crippen LogP contribution in [0.5, 0.6) is 5.75 Å². The highest BCUT2D eigenvalue weighted by molar-refractivity contribution is 7.99. The number of aromatic hydroxyl groups is 1. The van der Waals surface area contributed by atoms with Gasteiger partial charge in [-0.25, -0.2) is 0 Å². The summed E-state index contributed by atoms with van der Waals surface area (Å²) in [6.45, 7) is 0. The van der Waals surface area contributed by atoms with E-state index in [1.54, 1.807) is 12.1 Å². The number of hydrogen-bond donors (Lipinski definition) is 1. The van der Waals surface area contributed by atoms with Crippen LogP contribution in [-0.4, -0.2) is 16.2 Å². The summed E-state index contributed by atoms with van der Waals surface area (Å²) in [7, 11) is 0. The molecule has 0 bridgehead atoms. The highest BCUT2D eigenvalue weighted by atomic mass is 35.5. The largest absolute Gasteiger partial charge is 0.508 e. The summed E-state index contributed by atoms with van der Waals surface area (Å²) >= 11 is 5.97. The first kappa shape index (κ1) is 11.6. The van der Waals surface area contributed by atoms with Gasteiger partial charge in [0.1, 0.15) is 5.75 Å². The highest BCUT2D eigenvalue weighted by Crippen LogP contribution is 2.29. The van der Waals surface area contributed by atoms with Crippen LogP contribution >= 0.6 is 23.4 Å². The number of thioether (sulfide) groups is 1. The quantitative estimate of drug-likeness (QED) is 0.638. The molecule has 1 nitrogen and oxygen atoms in total. The molecule has 0 heterocycles. The maximum Gasteiger partial charge on any atom is 0.322 e. The molecule has 0 radical (unpaired) electrons. The van der Waals surface area contributed by atoms with Crippen LogP contribution in [0.3, 0.4) is 0 Å². The highest BCUT2D eigenvalue weighted by Gasteiger charge is 2.23. The van der Waals surface area contributed by atoms with Gasteiger partial charge in [0.05, 0.1) is 0 Å². The molecule has 0 aliphatic heterocycles. The zero-order valence-corrected chi connectivity index (χ0v) is 8.79. The maximum absolute atomic E-state index is 12.2. The van der Waals surface area contributed by atoms with Gasteiger partial charge in [-0.05, 0) is 29.8 Å². The van der Waals surface area contributed by atoms with Crippen molar-refractivity contribution in [1.29, 1.82) is 0 Å². The summed E-state index contributed by atoms with van der Waals surface area (Å²) in [4.78, 5) is 0.755. The molecule has 0 atom stereocenters. The molecular formula is C9H9ClF2OS. The SMILES string of the molecule is Oc1cccc(SCCC(F)(F)Cl)c1. The second kappa shape index (κ2) is 4.84. The number of alkyl halides is 3. The van der Waals surface area contributed by atoms with Gasteiger partial charge >= 0.3 is 5.38 Å². The lowest BCUT2D eigenvalue weighted by Crippen LogP contribution is -2.06. The Labute approximate surface area is 90.1 Å². The lowest BCUT2D eigenvalue weighted by molar-refractivity contribution is 0.0935. The van der Waals surface area contributed by atoms with E-state index in [2.05, 4.69) is 0 Å². The summed E-state index contributed by atoms with van der Waals surface area (Å²) in [6, 6.07) is 6.46. The minimum absolute atomic E-state index is 0.132. The van der Waals surface area contributed by atoms with E-state index in [-0.39, 0.29) is 17.9 Å². The molecule has 14 heavy (non-hydrogen) atoms. The molecule has 5 heteroatoms. The lowest BCUT2D eigenvalue weighted by atomic mass is 10.3. The molecule has 1 N–H and O–H groups in total. The first-order chi connectivity index (χ1) is 6.47. The number of phenols is 1. The number of phenolic OH excluding ortho intramolecular Hbond substituents is 1. The molecule has 0 unspecified atom stereocenters. The van der Waals surface area contributed by atoms with Crippen molar-refractivity contribution in [3.63, 3.8) is 0 Å². The molecule has 78 valence electrons. The van der Waals surface area contributed by atoms with E-state index in [4.69, 9.17) is 16.7 Å². The first-order valence-corrected chi connectivity index (χ1v) is 5.32. The number of benzene rings is 1. The Morgan fingerprint density at radius 1 is 1.43 bits per heavy atom. The average Bonchev–Trinajstić information content (AvgIpc) is 2.01. The van der Waals surface area contributed by atoms with E-state index >= 15 is 0 Å². The van der Waals surface area contributed by atoms with Crippen LogP contribution in [0.4, 0.5) is 8.78 Å². The van der Waals surface area contributed by atoms with Gasteiger partial charge in [0.2, 0.25) is 0 Å². The standard InChI is InChI=1S/C9H9ClF2OS/c10-9(11,12)4-5-14-8-3-1-2-7(13)6-8/h1-3,6,13H,4-5H2. The third-order valence-electron chi connectivity index (χ3n) is 1.47. The topological polar surface area (TPSA) is 20.2 Å². The van der Waals surface area contributed by atoms with Gasteiger partial charge in [-0.1, -0.05) is 6.07 Å². The van der Waals surface area contributed by atoms with Crippen molar-refractivity contribution in [3.05, 3.63) is 24.3 Å². The maximum atomic E-state index is 12.2. The Balaban J connectivity index is 2.39. The zero-order chi connectivity index (χ0) is 10.6. The Hall–Kier alpha value is -0.480. The normalized spacial score (nSPS) is 11.6. The molecule has 0 spiro atoms. The third kappa shape index (κ3) is 4.67. The van der Waals surface area contributed by atoms with Crippen LogP contribution in [0.1, 0.15) is 6.42 Å². The predicted octanol–water partition coefficient (Wildman–Crippen LogP) is 3.71. The molecule has 0 amide bonds. The van der Waals surface area contributed by atoms with Crippen molar-refractivity contribution in [2.45, 2.75) is 16.7 Å². The van der Waals surface area contributed by atoms with E-state index in [0.717, 1.165) is 4.90 Å². The van der Waals surface area contributed by atoms with Crippen molar-refractivity contribution >= 4 is 23.4 Å². The van der Waals surface area contributed by atoms with Gasteiger partial charge in [0.15, 0.2) is 0 Å². The Morgan fingerprint density at radius 3 is 2.71 bits per heavy atom. The van der Waals surface area contributed by atoms with Gasteiger partial charge in [-0.3, -0.25) is 0 Å². The van der Waals surface area contributed by atoms with Crippen LogP contribution in [0.15, 0.2) is 29.2 Å². The van der Waals surface area contributed by atoms with Crippen LogP contribution in [-0.2, 0) is 0 Å². The van der Waals surface area contributed by atoms with Crippen LogP contribution in [0.25, 0.3) is 0 Å². The van der Waals surface area contributed by atoms with Gasteiger partial charge in [-0.2, -0.15) is 8.78 Å². The Kier molecular flexibility index (Phi) is 4.01. The average molecular weight is 239 g/mol. The fourth-order valence-corrected chi connectivity index (χ4v) is 2.04. The summed E-state index contributed by atoms with van der Waals surface area (Å²) in [6.07, 6.45) is -0.380. The van der Waals surface area contributed by atoms with Crippen molar-refractivity contribution in [2.75, 3.05) is 5.75 Å². The van der Waals surface area contributed by atoms with Gasteiger partial charge in [0, 0.05) is 17.1 Å². The van der Waals surface area contributed by atoms with Crippen molar-refractivity contribution < 1.29 is 13.9 Å². The Morgan fingerprint density at radius 2 is 2.14 bits per heavy atom. The molecule has 0 saturated heterocycles. The molecule has 0 aliphatic carbocycles. The van der Waals surface area contributed by atoms with Crippen molar-refractivity contribution in [2.24, 2.45) is 0 Å². The van der Waals surface area contributed by atoms with Crippen LogP contribution < -0.4 is 0 Å². The fraction of sp³-hybridized carbons (Fsp3) is 0.333. The summed E-state index contributed by atoms with van der Waals surface area (Å²) in [5, 5.41) is 5.95. The van der Waals surface area contributed by atoms with E-state index in [1.165, 1.54) is 23.9 Å². The predicted molar refractivity (Wildman–Crippen MR) is 54.2 cm³/mol. The molecule has 1 aromatic rings. The third-order valence-corrected chi connectivity index (χ3v) is 2.66. The molecule has 0 aliphatic rings. The number of hydrogen-bond acceptors (Lipinski definition) is 2. The van der Waals surface area contributed by atoms with E-state index < -0.39 is 5.38 Å². The minimum Gasteiger partial charge on any atom is -0.508 e. The smallest absolute Gasteiger partial charge is 0.322 e. The number of rotatable bonds is 4.